The van der Waals surface area contributed by atoms with Crippen molar-refractivity contribution in [1.29, 1.82) is 0 Å². The Morgan fingerprint density at radius 2 is 1.71 bits per heavy atom. The number of carbonyl (C=O) groups is 1. The third kappa shape index (κ3) is 6.64. The Bertz CT molecular complexity index is 1090. The number of aryl methyl sites for hydroxylation is 1. The molecule has 0 aromatic heterocycles. The van der Waals surface area contributed by atoms with E-state index in [1.165, 1.54) is 30.3 Å². The van der Waals surface area contributed by atoms with Gasteiger partial charge in [-0.05, 0) is 54.0 Å². The zero-order chi connectivity index (χ0) is 22.4. The van der Waals surface area contributed by atoms with Crippen LogP contribution < -0.4 is 9.47 Å². The Morgan fingerprint density at radius 1 is 1.00 bits per heavy atom. The number of ether oxygens (including phenoxy) is 2. The van der Waals surface area contributed by atoms with Crippen LogP contribution in [0.5, 0.6) is 11.5 Å². The Hall–Kier alpha value is -3.74. The second-order valence-electron chi connectivity index (χ2n) is 6.77. The molecule has 0 amide bonds. The molecule has 160 valence electrons. The molecule has 1 N–H and O–H groups in total. The summed E-state index contributed by atoms with van der Waals surface area (Å²) in [5.41, 5.74) is 3.93. The average Bonchev–Trinajstić information content (AvgIpc) is 2.70. The molecule has 3 aromatic rings. The van der Waals surface area contributed by atoms with Crippen molar-refractivity contribution in [1.82, 2.24) is 0 Å². The van der Waals surface area contributed by atoms with Gasteiger partial charge in [-0.15, -0.1) is 13.2 Å². The number of rotatable bonds is 7. The fraction of sp³-hybridized carbons (Fsp3) is 0.125. The Kier molecular flexibility index (Phi) is 6.65. The van der Waals surface area contributed by atoms with E-state index in [1.807, 2.05) is 31.2 Å². The number of benzene rings is 3. The molecular weight excluding hydrogens is 409 g/mol. The lowest BCUT2D eigenvalue weighted by molar-refractivity contribution is -0.274. The van der Waals surface area contributed by atoms with Gasteiger partial charge in [0, 0.05) is 11.6 Å². The molecule has 3 rings (SSSR count). The van der Waals surface area contributed by atoms with Gasteiger partial charge >= 0.3 is 12.3 Å². The van der Waals surface area contributed by atoms with E-state index in [-0.39, 0.29) is 5.75 Å². The van der Waals surface area contributed by atoms with Crippen molar-refractivity contribution in [3.8, 4) is 22.6 Å². The third-order valence-corrected chi connectivity index (χ3v) is 4.31. The second-order valence-corrected chi connectivity index (χ2v) is 6.77. The van der Waals surface area contributed by atoms with E-state index in [0.717, 1.165) is 17.2 Å². The first-order chi connectivity index (χ1) is 14.7. The normalized spacial score (nSPS) is 11.5. The molecule has 0 atom stereocenters. The van der Waals surface area contributed by atoms with E-state index in [2.05, 4.69) is 4.74 Å². The monoisotopic (exact) mass is 428 g/mol. The van der Waals surface area contributed by atoms with Gasteiger partial charge in [0.15, 0.2) is 0 Å². The minimum Gasteiger partial charge on any atom is -0.488 e. The van der Waals surface area contributed by atoms with Crippen molar-refractivity contribution >= 4 is 12.0 Å². The number of carboxylic acids is 1. The van der Waals surface area contributed by atoms with Gasteiger partial charge in [0.2, 0.25) is 0 Å². The van der Waals surface area contributed by atoms with Crippen molar-refractivity contribution in [2.24, 2.45) is 0 Å². The second kappa shape index (κ2) is 9.38. The molecule has 0 saturated carbocycles. The summed E-state index contributed by atoms with van der Waals surface area (Å²) in [4.78, 5) is 11.0. The maximum absolute atomic E-state index is 12.3. The van der Waals surface area contributed by atoms with Gasteiger partial charge in [0.1, 0.15) is 18.1 Å². The highest BCUT2D eigenvalue weighted by Gasteiger charge is 2.30. The van der Waals surface area contributed by atoms with Crippen LogP contribution in [0, 0.1) is 6.92 Å². The standard InChI is InChI=1S/C24H19F3O4/c1-16-3-2-4-17(13-16)15-30-22-11-7-19(14-20(22)8-12-23(28)29)18-5-9-21(10-6-18)31-24(25,26)27/h2-14H,15H2,1H3,(H,28,29). The van der Waals surface area contributed by atoms with Crippen molar-refractivity contribution in [2.75, 3.05) is 0 Å². The zero-order valence-electron chi connectivity index (χ0n) is 16.5. The number of aliphatic carboxylic acids is 1. The lowest BCUT2D eigenvalue weighted by atomic mass is 10.0. The third-order valence-electron chi connectivity index (χ3n) is 4.31. The molecule has 31 heavy (non-hydrogen) atoms. The summed E-state index contributed by atoms with van der Waals surface area (Å²) >= 11 is 0. The fourth-order valence-electron chi connectivity index (χ4n) is 2.96. The van der Waals surface area contributed by atoms with E-state index in [0.29, 0.717) is 29.0 Å². The van der Waals surface area contributed by atoms with Crippen LogP contribution in [-0.4, -0.2) is 17.4 Å². The van der Waals surface area contributed by atoms with Crippen LogP contribution in [0.15, 0.2) is 72.8 Å². The summed E-state index contributed by atoms with van der Waals surface area (Å²) < 4.78 is 46.8. The molecule has 0 bridgehead atoms. The number of hydrogen-bond donors (Lipinski definition) is 1. The molecule has 0 saturated heterocycles. The molecule has 4 nitrogen and oxygen atoms in total. The van der Waals surface area contributed by atoms with Gasteiger partial charge in [-0.1, -0.05) is 48.0 Å². The van der Waals surface area contributed by atoms with E-state index in [1.54, 1.807) is 18.2 Å². The van der Waals surface area contributed by atoms with E-state index in [4.69, 9.17) is 9.84 Å². The Balaban J connectivity index is 1.85. The molecule has 0 heterocycles. The van der Waals surface area contributed by atoms with Gasteiger partial charge in [-0.25, -0.2) is 4.79 Å². The number of halogens is 3. The summed E-state index contributed by atoms with van der Waals surface area (Å²) in [5, 5.41) is 8.98. The van der Waals surface area contributed by atoms with E-state index < -0.39 is 12.3 Å². The predicted octanol–water partition coefficient (Wildman–Crippen LogP) is 6.24. The molecule has 0 aliphatic heterocycles. The van der Waals surface area contributed by atoms with Crippen molar-refractivity contribution in [3.05, 3.63) is 89.5 Å². The van der Waals surface area contributed by atoms with Crippen molar-refractivity contribution in [3.63, 3.8) is 0 Å². The van der Waals surface area contributed by atoms with Crippen LogP contribution in [-0.2, 0) is 11.4 Å². The first-order valence-electron chi connectivity index (χ1n) is 9.29. The van der Waals surface area contributed by atoms with Crippen LogP contribution in [0.2, 0.25) is 0 Å². The van der Waals surface area contributed by atoms with Gasteiger partial charge in [0.25, 0.3) is 0 Å². The Morgan fingerprint density at radius 3 is 2.35 bits per heavy atom. The molecule has 0 unspecified atom stereocenters. The Labute approximate surface area is 177 Å². The molecule has 3 aromatic carbocycles. The van der Waals surface area contributed by atoms with Crippen LogP contribution >= 0.6 is 0 Å². The molecule has 0 fully saturated rings. The topological polar surface area (TPSA) is 55.8 Å². The van der Waals surface area contributed by atoms with E-state index in [9.17, 15) is 18.0 Å². The largest absolute Gasteiger partial charge is 0.573 e. The first kappa shape index (κ1) is 22.0. The van der Waals surface area contributed by atoms with Crippen LogP contribution in [0.4, 0.5) is 13.2 Å². The molecular formula is C24H19F3O4. The summed E-state index contributed by atoms with van der Waals surface area (Å²) in [6.07, 6.45) is -2.34. The zero-order valence-corrected chi connectivity index (χ0v) is 16.5. The van der Waals surface area contributed by atoms with Crippen molar-refractivity contribution < 1.29 is 32.5 Å². The van der Waals surface area contributed by atoms with Crippen LogP contribution in [0.1, 0.15) is 16.7 Å². The molecule has 0 aliphatic carbocycles. The van der Waals surface area contributed by atoms with Crippen LogP contribution in [0.3, 0.4) is 0 Å². The maximum Gasteiger partial charge on any atom is 0.573 e. The number of carboxylic acid groups (broad SMARTS) is 1. The quantitative estimate of drug-likeness (QED) is 0.453. The first-order valence-corrected chi connectivity index (χ1v) is 9.29. The van der Waals surface area contributed by atoms with Crippen LogP contribution in [0.25, 0.3) is 17.2 Å². The highest BCUT2D eigenvalue weighted by molar-refractivity contribution is 5.86. The lowest BCUT2D eigenvalue weighted by Gasteiger charge is -2.13. The number of hydrogen-bond acceptors (Lipinski definition) is 3. The van der Waals surface area contributed by atoms with Gasteiger partial charge in [-0.3, -0.25) is 0 Å². The number of alkyl halides is 3. The molecule has 0 aliphatic rings. The summed E-state index contributed by atoms with van der Waals surface area (Å²) in [5.74, 6) is -0.941. The SMILES string of the molecule is Cc1cccc(COc2ccc(-c3ccc(OC(F)(F)F)cc3)cc2C=CC(=O)O)c1. The molecule has 0 radical (unpaired) electrons. The molecule has 0 spiro atoms. The fourth-order valence-corrected chi connectivity index (χ4v) is 2.96. The van der Waals surface area contributed by atoms with Gasteiger partial charge < -0.3 is 14.6 Å². The minimum absolute atomic E-state index is 0.304. The maximum atomic E-state index is 12.3. The minimum atomic E-state index is -4.76. The summed E-state index contributed by atoms with van der Waals surface area (Å²) in [6.45, 7) is 2.28. The predicted molar refractivity (Wildman–Crippen MR) is 111 cm³/mol. The molecule has 7 heteroatoms. The smallest absolute Gasteiger partial charge is 0.488 e. The summed E-state index contributed by atoms with van der Waals surface area (Å²) in [7, 11) is 0. The lowest BCUT2D eigenvalue weighted by Crippen LogP contribution is -2.16. The summed E-state index contributed by atoms with van der Waals surface area (Å²) in [6, 6.07) is 18.4. The van der Waals surface area contributed by atoms with Crippen molar-refractivity contribution in [2.45, 2.75) is 19.9 Å². The highest BCUT2D eigenvalue weighted by Crippen LogP contribution is 2.31. The highest BCUT2D eigenvalue weighted by atomic mass is 19.4. The average molecular weight is 428 g/mol. The van der Waals surface area contributed by atoms with E-state index >= 15 is 0 Å². The van der Waals surface area contributed by atoms with Gasteiger partial charge in [-0.2, -0.15) is 0 Å². The van der Waals surface area contributed by atoms with Gasteiger partial charge in [0.05, 0.1) is 0 Å².